The van der Waals surface area contributed by atoms with E-state index in [0.29, 0.717) is 47.4 Å². The zero-order chi connectivity index (χ0) is 23.5. The summed E-state index contributed by atoms with van der Waals surface area (Å²) in [5, 5.41) is 5.40. The van der Waals surface area contributed by atoms with Crippen LogP contribution in [0.1, 0.15) is 44.3 Å². The summed E-state index contributed by atoms with van der Waals surface area (Å²) in [7, 11) is 1.63. The second-order valence-electron chi connectivity index (χ2n) is 8.96. The third-order valence-corrected chi connectivity index (χ3v) is 6.85. The Morgan fingerprint density at radius 3 is 2.71 bits per heavy atom. The van der Waals surface area contributed by atoms with Gasteiger partial charge in [-0.25, -0.2) is 9.67 Å². The Morgan fingerprint density at radius 1 is 1.18 bits per heavy atom. The zero-order valence-corrected chi connectivity index (χ0v) is 20.0. The van der Waals surface area contributed by atoms with Crippen molar-refractivity contribution in [2.45, 2.75) is 45.1 Å². The van der Waals surface area contributed by atoms with Gasteiger partial charge in [0, 0.05) is 25.2 Å². The van der Waals surface area contributed by atoms with Gasteiger partial charge in [-0.2, -0.15) is 5.10 Å². The normalized spacial score (nSPS) is 17.5. The second kappa shape index (κ2) is 10.1. The van der Waals surface area contributed by atoms with E-state index in [1.807, 2.05) is 29.8 Å². The van der Waals surface area contributed by atoms with Crippen LogP contribution in [0.2, 0.25) is 0 Å². The molecule has 2 aliphatic rings. The quantitative estimate of drug-likeness (QED) is 0.544. The van der Waals surface area contributed by atoms with Crippen LogP contribution in [0, 0.1) is 0 Å². The molecule has 0 atom stereocenters. The van der Waals surface area contributed by atoms with Crippen LogP contribution < -0.4 is 15.0 Å². The maximum atomic E-state index is 13.1. The van der Waals surface area contributed by atoms with Crippen LogP contribution in [0.5, 0.6) is 11.5 Å². The minimum Gasteiger partial charge on any atom is -0.493 e. The third-order valence-electron chi connectivity index (χ3n) is 6.85. The number of morpholine rings is 1. The van der Waals surface area contributed by atoms with E-state index < -0.39 is 0 Å². The fourth-order valence-electron chi connectivity index (χ4n) is 4.95. The maximum Gasteiger partial charge on any atom is 0.262 e. The van der Waals surface area contributed by atoms with Crippen molar-refractivity contribution in [1.29, 1.82) is 0 Å². The molecule has 1 aliphatic carbocycles. The highest BCUT2D eigenvalue weighted by molar-refractivity contribution is 5.79. The first kappa shape index (κ1) is 22.9. The highest BCUT2D eigenvalue weighted by Crippen LogP contribution is 2.34. The van der Waals surface area contributed by atoms with E-state index in [-0.39, 0.29) is 5.56 Å². The van der Waals surface area contributed by atoms with Gasteiger partial charge in [-0.05, 0) is 37.5 Å². The Bertz CT molecular complexity index is 1190. The summed E-state index contributed by atoms with van der Waals surface area (Å²) in [6.07, 6.45) is 5.23. The Hall–Kier alpha value is -2.91. The lowest BCUT2D eigenvalue weighted by Crippen LogP contribution is -2.38. The number of hydrogen-bond donors (Lipinski definition) is 1. The molecular formula is C25H33N5O4. The highest BCUT2D eigenvalue weighted by Gasteiger charge is 2.24. The number of rotatable bonds is 8. The van der Waals surface area contributed by atoms with Gasteiger partial charge in [-0.15, -0.1) is 0 Å². The van der Waals surface area contributed by atoms with Gasteiger partial charge < -0.3 is 19.2 Å². The van der Waals surface area contributed by atoms with Crippen LogP contribution in [-0.2, 0) is 11.2 Å². The molecule has 9 heteroatoms. The van der Waals surface area contributed by atoms with E-state index >= 15 is 0 Å². The molecule has 2 aromatic heterocycles. The lowest BCUT2D eigenvalue weighted by atomic mass is 10.1. The number of nitrogens with zero attached hydrogens (tertiary/aromatic N) is 4. The van der Waals surface area contributed by atoms with Crippen molar-refractivity contribution in [1.82, 2.24) is 24.6 Å². The van der Waals surface area contributed by atoms with Crippen molar-refractivity contribution in [3.05, 3.63) is 34.2 Å². The Labute approximate surface area is 199 Å². The lowest BCUT2D eigenvalue weighted by molar-refractivity contribution is 0.0321. The molecule has 0 radical (unpaired) electrons. The number of aryl methyl sites for hydroxylation is 1. The molecule has 1 N–H and O–H groups in total. The second-order valence-corrected chi connectivity index (χ2v) is 8.96. The largest absolute Gasteiger partial charge is 0.493 e. The molecule has 34 heavy (non-hydrogen) atoms. The number of benzene rings is 1. The number of methoxy groups -OCH3 is 1. The van der Waals surface area contributed by atoms with Gasteiger partial charge in [-0.3, -0.25) is 9.69 Å². The van der Waals surface area contributed by atoms with Crippen molar-refractivity contribution >= 4 is 11.0 Å². The first-order valence-corrected chi connectivity index (χ1v) is 12.3. The van der Waals surface area contributed by atoms with Crippen LogP contribution in [0.15, 0.2) is 23.0 Å². The van der Waals surface area contributed by atoms with E-state index in [9.17, 15) is 4.79 Å². The minimum atomic E-state index is -0.147. The summed E-state index contributed by atoms with van der Waals surface area (Å²) >= 11 is 0. The van der Waals surface area contributed by atoms with Gasteiger partial charge in [0.25, 0.3) is 5.56 Å². The summed E-state index contributed by atoms with van der Waals surface area (Å²) in [6, 6.07) is 5.95. The fourth-order valence-corrected chi connectivity index (χ4v) is 4.95. The minimum absolute atomic E-state index is 0.147. The number of hydrogen-bond acceptors (Lipinski definition) is 7. The average Bonchev–Trinajstić information content (AvgIpc) is 3.52. The van der Waals surface area contributed by atoms with Gasteiger partial charge >= 0.3 is 0 Å². The Morgan fingerprint density at radius 2 is 1.97 bits per heavy atom. The number of H-pyrrole nitrogens is 1. The topological polar surface area (TPSA) is 94.5 Å². The molecule has 0 amide bonds. The van der Waals surface area contributed by atoms with Crippen LogP contribution in [0.3, 0.4) is 0 Å². The molecule has 3 heterocycles. The molecular weight excluding hydrogens is 434 g/mol. The summed E-state index contributed by atoms with van der Waals surface area (Å²) in [6.45, 7) is 6.74. The first-order valence-electron chi connectivity index (χ1n) is 12.3. The third kappa shape index (κ3) is 4.54. The van der Waals surface area contributed by atoms with Crippen LogP contribution in [-0.4, -0.2) is 71.2 Å². The molecule has 1 aliphatic heterocycles. The van der Waals surface area contributed by atoms with Gasteiger partial charge in [0.1, 0.15) is 17.8 Å². The fraction of sp³-hybridized carbons (Fsp3) is 0.560. The van der Waals surface area contributed by atoms with Gasteiger partial charge in [0.05, 0.1) is 32.1 Å². The molecule has 3 aromatic rings. The van der Waals surface area contributed by atoms with Crippen molar-refractivity contribution in [3.8, 4) is 22.9 Å². The van der Waals surface area contributed by atoms with Gasteiger partial charge in [-0.1, -0.05) is 19.8 Å². The summed E-state index contributed by atoms with van der Waals surface area (Å²) < 4.78 is 19.0. The predicted molar refractivity (Wildman–Crippen MR) is 130 cm³/mol. The Kier molecular flexibility index (Phi) is 6.82. The number of ether oxygens (including phenoxy) is 3. The molecule has 1 saturated heterocycles. The van der Waals surface area contributed by atoms with Crippen LogP contribution in [0.25, 0.3) is 22.4 Å². The molecule has 0 spiro atoms. The van der Waals surface area contributed by atoms with Gasteiger partial charge in [0.2, 0.25) is 0 Å². The van der Waals surface area contributed by atoms with Crippen molar-refractivity contribution in [3.63, 3.8) is 0 Å². The van der Waals surface area contributed by atoms with Crippen LogP contribution in [0.4, 0.5) is 0 Å². The molecule has 0 bridgehead atoms. The van der Waals surface area contributed by atoms with Crippen molar-refractivity contribution < 1.29 is 14.2 Å². The summed E-state index contributed by atoms with van der Waals surface area (Å²) in [5.74, 6) is 1.80. The predicted octanol–water partition coefficient (Wildman–Crippen LogP) is 3.18. The Balaban J connectivity index is 1.46. The number of aromatic amines is 1. The zero-order valence-electron chi connectivity index (χ0n) is 20.0. The molecule has 0 unspecified atom stereocenters. The van der Waals surface area contributed by atoms with E-state index in [1.54, 1.807) is 7.11 Å². The van der Waals surface area contributed by atoms with E-state index in [4.69, 9.17) is 24.3 Å². The average molecular weight is 468 g/mol. The van der Waals surface area contributed by atoms with Crippen molar-refractivity contribution in [2.75, 3.05) is 46.6 Å². The summed E-state index contributed by atoms with van der Waals surface area (Å²) in [4.78, 5) is 23.3. The molecule has 1 saturated carbocycles. The molecule has 182 valence electrons. The molecule has 5 rings (SSSR count). The number of fused-ring (bicyclic) bond motifs is 1. The SMILES string of the molecule is CCc1nn(C2CCCC2)c2nc(-c3ccc(OC)c(OCCN4CCOCC4)c3)[nH]c(=O)c12. The van der Waals surface area contributed by atoms with Crippen LogP contribution >= 0.6 is 0 Å². The summed E-state index contributed by atoms with van der Waals surface area (Å²) in [5.41, 5.74) is 2.11. The van der Waals surface area contributed by atoms with Crippen molar-refractivity contribution in [2.24, 2.45) is 0 Å². The standard InChI is InChI=1S/C25H33N5O4/c1-3-19-22-24(30(28-19)18-6-4-5-7-18)26-23(27-25(22)31)17-8-9-20(32-2)21(16-17)34-15-12-29-10-13-33-14-11-29/h8-9,16,18H,3-7,10-15H2,1-2H3,(H,26,27,31). The lowest BCUT2D eigenvalue weighted by Gasteiger charge is -2.26. The monoisotopic (exact) mass is 467 g/mol. The number of aromatic nitrogens is 4. The van der Waals surface area contributed by atoms with E-state index in [2.05, 4.69) is 9.88 Å². The van der Waals surface area contributed by atoms with E-state index in [0.717, 1.165) is 56.9 Å². The van der Waals surface area contributed by atoms with E-state index in [1.165, 1.54) is 12.8 Å². The first-order chi connectivity index (χ1) is 16.7. The number of nitrogens with one attached hydrogen (secondary N) is 1. The molecule has 9 nitrogen and oxygen atoms in total. The maximum absolute atomic E-state index is 13.1. The molecule has 2 fully saturated rings. The van der Waals surface area contributed by atoms with Gasteiger partial charge in [0.15, 0.2) is 17.1 Å². The smallest absolute Gasteiger partial charge is 0.262 e. The highest BCUT2D eigenvalue weighted by atomic mass is 16.5. The molecule has 1 aromatic carbocycles.